The molecule has 8 heteroatoms. The molecule has 0 radical (unpaired) electrons. The number of aliphatic imine (C=N–C) groups is 1. The summed E-state index contributed by atoms with van der Waals surface area (Å²) >= 11 is 0. The van der Waals surface area contributed by atoms with E-state index in [4.69, 9.17) is 0 Å². The lowest BCUT2D eigenvalue weighted by Gasteiger charge is -2.21. The van der Waals surface area contributed by atoms with Crippen LogP contribution in [0.25, 0.3) is 0 Å². The predicted molar refractivity (Wildman–Crippen MR) is 114 cm³/mol. The lowest BCUT2D eigenvalue weighted by atomic mass is 10.1. The molecule has 29 heavy (non-hydrogen) atoms. The summed E-state index contributed by atoms with van der Waals surface area (Å²) < 4.78 is 0. The van der Waals surface area contributed by atoms with Gasteiger partial charge in [-0.25, -0.2) is 4.98 Å². The smallest absolute Gasteiger partial charge is 0.227 e. The minimum Gasteiger partial charge on any atom is -0.356 e. The summed E-state index contributed by atoms with van der Waals surface area (Å²) in [6.45, 7) is 3.94. The molecule has 1 atom stereocenters. The number of aryl methyl sites for hydroxylation is 1. The Balaban J connectivity index is 1.36. The summed E-state index contributed by atoms with van der Waals surface area (Å²) in [5, 5.41) is 9.33. The maximum atomic E-state index is 12.6. The highest BCUT2D eigenvalue weighted by molar-refractivity contribution is 5.90. The van der Waals surface area contributed by atoms with Crippen molar-refractivity contribution in [2.24, 2.45) is 10.9 Å². The molecule has 8 nitrogen and oxygen atoms in total. The molecule has 1 aromatic heterocycles. The van der Waals surface area contributed by atoms with Crippen molar-refractivity contribution >= 4 is 23.6 Å². The summed E-state index contributed by atoms with van der Waals surface area (Å²) in [6, 6.07) is 3.90. The van der Waals surface area contributed by atoms with Gasteiger partial charge in [-0.2, -0.15) is 0 Å². The van der Waals surface area contributed by atoms with Gasteiger partial charge in [-0.1, -0.05) is 18.9 Å². The maximum Gasteiger partial charge on any atom is 0.227 e. The van der Waals surface area contributed by atoms with Gasteiger partial charge in [0.05, 0.1) is 0 Å². The number of carbonyl (C=O) groups excluding carboxylic acids is 2. The standard InChI is InChI=1S/C21H32N6O2/c1-15-7-8-18(24-13-15)26-19(28)9-11-23-21(22-2)25-17-10-12-27(14-17)20(29)16-5-3-4-6-16/h7-8,13,16-17H,3-6,9-12,14H2,1-2H3,(H2,22,23,25)(H,24,26,28). The Morgan fingerprint density at radius 3 is 2.72 bits per heavy atom. The van der Waals surface area contributed by atoms with Crippen LogP contribution in [0.2, 0.25) is 0 Å². The fraction of sp³-hybridized carbons (Fsp3) is 0.619. The Labute approximate surface area is 172 Å². The Hall–Kier alpha value is -2.64. The summed E-state index contributed by atoms with van der Waals surface area (Å²) in [5.41, 5.74) is 1.05. The molecule has 0 bridgehead atoms. The van der Waals surface area contributed by atoms with E-state index in [-0.39, 0.29) is 17.9 Å². The molecule has 3 rings (SSSR count). The lowest BCUT2D eigenvalue weighted by Crippen LogP contribution is -2.46. The number of aromatic nitrogens is 1. The first-order valence-corrected chi connectivity index (χ1v) is 10.5. The first kappa shape index (κ1) is 21.1. The molecule has 1 aromatic rings. The normalized spacial score (nSPS) is 20.0. The Morgan fingerprint density at radius 2 is 2.03 bits per heavy atom. The molecule has 2 aliphatic rings. The number of hydrogen-bond acceptors (Lipinski definition) is 4. The molecule has 1 aliphatic heterocycles. The van der Waals surface area contributed by atoms with Gasteiger partial charge in [0.15, 0.2) is 5.96 Å². The molecule has 2 amide bonds. The van der Waals surface area contributed by atoms with Gasteiger partial charge in [0.1, 0.15) is 5.82 Å². The van der Waals surface area contributed by atoms with Gasteiger partial charge >= 0.3 is 0 Å². The topological polar surface area (TPSA) is 98.7 Å². The van der Waals surface area contributed by atoms with E-state index in [1.807, 2.05) is 17.9 Å². The molecular formula is C21H32N6O2. The minimum absolute atomic E-state index is 0.0986. The van der Waals surface area contributed by atoms with Gasteiger partial charge in [0.25, 0.3) is 0 Å². The number of nitrogens with zero attached hydrogens (tertiary/aromatic N) is 3. The highest BCUT2D eigenvalue weighted by Crippen LogP contribution is 2.27. The van der Waals surface area contributed by atoms with Crippen LogP contribution in [-0.4, -0.2) is 60.4 Å². The van der Waals surface area contributed by atoms with Gasteiger partial charge in [0.2, 0.25) is 11.8 Å². The van der Waals surface area contributed by atoms with Gasteiger partial charge in [0, 0.05) is 51.3 Å². The number of rotatable bonds is 6. The van der Waals surface area contributed by atoms with Crippen molar-refractivity contribution in [2.75, 3.05) is 32.0 Å². The van der Waals surface area contributed by atoms with E-state index >= 15 is 0 Å². The molecule has 0 spiro atoms. The number of pyridine rings is 1. The second-order valence-electron chi connectivity index (χ2n) is 7.91. The van der Waals surface area contributed by atoms with E-state index in [2.05, 4.69) is 25.9 Å². The van der Waals surface area contributed by atoms with Crippen molar-refractivity contribution in [1.82, 2.24) is 20.5 Å². The molecule has 0 aromatic carbocycles. The van der Waals surface area contributed by atoms with E-state index in [1.165, 1.54) is 12.8 Å². The van der Waals surface area contributed by atoms with Crippen molar-refractivity contribution in [3.63, 3.8) is 0 Å². The molecule has 1 unspecified atom stereocenters. The van der Waals surface area contributed by atoms with Gasteiger partial charge in [-0.05, 0) is 37.8 Å². The molecule has 1 aliphatic carbocycles. The predicted octanol–water partition coefficient (Wildman–Crippen LogP) is 1.67. The van der Waals surface area contributed by atoms with E-state index in [0.717, 1.165) is 37.9 Å². The van der Waals surface area contributed by atoms with Crippen LogP contribution >= 0.6 is 0 Å². The minimum atomic E-state index is -0.0986. The Bertz CT molecular complexity index is 727. The fourth-order valence-corrected chi connectivity index (χ4v) is 3.94. The highest BCUT2D eigenvalue weighted by Gasteiger charge is 2.32. The number of anilines is 1. The lowest BCUT2D eigenvalue weighted by molar-refractivity contribution is -0.134. The average molecular weight is 401 g/mol. The molecule has 2 fully saturated rings. The van der Waals surface area contributed by atoms with Crippen LogP contribution in [0.4, 0.5) is 5.82 Å². The van der Waals surface area contributed by atoms with E-state index in [9.17, 15) is 9.59 Å². The zero-order valence-electron chi connectivity index (χ0n) is 17.4. The maximum absolute atomic E-state index is 12.6. The van der Waals surface area contributed by atoms with E-state index in [0.29, 0.717) is 30.7 Å². The zero-order valence-corrected chi connectivity index (χ0v) is 17.4. The average Bonchev–Trinajstić information content (AvgIpc) is 3.40. The molecule has 1 saturated carbocycles. The van der Waals surface area contributed by atoms with Crippen LogP contribution in [0.5, 0.6) is 0 Å². The fourth-order valence-electron chi connectivity index (χ4n) is 3.94. The third-order valence-corrected chi connectivity index (χ3v) is 5.59. The van der Waals surface area contributed by atoms with Crippen LogP contribution < -0.4 is 16.0 Å². The van der Waals surface area contributed by atoms with Gasteiger partial charge < -0.3 is 20.9 Å². The van der Waals surface area contributed by atoms with Crippen molar-refractivity contribution in [2.45, 2.75) is 51.5 Å². The second kappa shape index (κ2) is 10.2. The number of likely N-dealkylation sites (tertiary alicyclic amines) is 1. The van der Waals surface area contributed by atoms with Crippen LogP contribution in [-0.2, 0) is 9.59 Å². The van der Waals surface area contributed by atoms with Crippen molar-refractivity contribution in [1.29, 1.82) is 0 Å². The highest BCUT2D eigenvalue weighted by atomic mass is 16.2. The second-order valence-corrected chi connectivity index (χ2v) is 7.91. The zero-order chi connectivity index (χ0) is 20.6. The number of nitrogens with one attached hydrogen (secondary N) is 3. The quantitative estimate of drug-likeness (QED) is 0.498. The largest absolute Gasteiger partial charge is 0.356 e. The van der Waals surface area contributed by atoms with Crippen molar-refractivity contribution in [3.05, 3.63) is 23.9 Å². The van der Waals surface area contributed by atoms with Crippen LogP contribution in [0.1, 0.15) is 44.1 Å². The first-order valence-electron chi connectivity index (χ1n) is 10.5. The van der Waals surface area contributed by atoms with Crippen LogP contribution in [0, 0.1) is 12.8 Å². The molecule has 1 saturated heterocycles. The Kier molecular flexibility index (Phi) is 7.43. The van der Waals surface area contributed by atoms with E-state index < -0.39 is 0 Å². The van der Waals surface area contributed by atoms with Gasteiger partial charge in [-0.3, -0.25) is 14.6 Å². The van der Waals surface area contributed by atoms with Crippen molar-refractivity contribution in [3.8, 4) is 0 Å². The molecule has 158 valence electrons. The summed E-state index contributed by atoms with van der Waals surface area (Å²) in [6.07, 6.45) is 7.38. The summed E-state index contributed by atoms with van der Waals surface area (Å²) in [4.78, 5) is 35.0. The van der Waals surface area contributed by atoms with E-state index in [1.54, 1.807) is 19.3 Å². The summed E-state index contributed by atoms with van der Waals surface area (Å²) in [5.74, 6) is 1.66. The number of hydrogen-bond donors (Lipinski definition) is 3. The first-order chi connectivity index (χ1) is 14.0. The number of guanidine groups is 1. The number of carbonyl (C=O) groups is 2. The molecular weight excluding hydrogens is 368 g/mol. The Morgan fingerprint density at radius 1 is 1.24 bits per heavy atom. The summed E-state index contributed by atoms with van der Waals surface area (Å²) in [7, 11) is 1.71. The third kappa shape index (κ3) is 6.17. The van der Waals surface area contributed by atoms with Crippen molar-refractivity contribution < 1.29 is 9.59 Å². The van der Waals surface area contributed by atoms with Gasteiger partial charge in [-0.15, -0.1) is 0 Å². The monoisotopic (exact) mass is 400 g/mol. The van der Waals surface area contributed by atoms with Crippen LogP contribution in [0.3, 0.4) is 0 Å². The molecule has 2 heterocycles. The number of amides is 2. The molecule has 3 N–H and O–H groups in total. The SMILES string of the molecule is CN=C(NCCC(=O)Nc1ccc(C)cn1)NC1CCN(C(=O)C2CCCC2)C1. The third-order valence-electron chi connectivity index (χ3n) is 5.59. The van der Waals surface area contributed by atoms with Crippen LogP contribution in [0.15, 0.2) is 23.3 Å².